The normalized spacial score (nSPS) is 14.3. The SMILES string of the molecule is N=C1C(c2ccc(F)cc2)=C2C(=C1c1ccc(F)cc1)c1ccc(-c3ccc(C(F)(F)F)cc3)c3c(-c4ccc(C(F)(F)F)cc4)ccc2c13. The zero-order chi connectivity index (χ0) is 35.1. The van der Waals surface area contributed by atoms with Gasteiger partial charge in [-0.2, -0.15) is 26.3 Å². The van der Waals surface area contributed by atoms with Gasteiger partial charge in [-0.3, -0.25) is 5.41 Å². The maximum Gasteiger partial charge on any atom is 0.416 e. The lowest BCUT2D eigenvalue weighted by Crippen LogP contribution is -2.04. The molecule has 2 aliphatic rings. The number of fused-ring (bicyclic) bond motifs is 3. The molecule has 8 rings (SSSR count). The molecule has 50 heavy (non-hydrogen) atoms. The van der Waals surface area contributed by atoms with Crippen LogP contribution in [0.1, 0.15) is 33.4 Å². The maximum atomic E-state index is 14.1. The Balaban J connectivity index is 1.46. The number of hydrogen-bond donors (Lipinski definition) is 1. The van der Waals surface area contributed by atoms with Crippen LogP contribution in [0.25, 0.3) is 55.3 Å². The van der Waals surface area contributed by atoms with E-state index in [2.05, 4.69) is 0 Å². The van der Waals surface area contributed by atoms with Crippen LogP contribution in [0.4, 0.5) is 35.1 Å². The van der Waals surface area contributed by atoms with Crippen molar-refractivity contribution in [1.29, 1.82) is 5.41 Å². The summed E-state index contributed by atoms with van der Waals surface area (Å²) in [5.74, 6) is -0.926. The van der Waals surface area contributed by atoms with E-state index in [4.69, 9.17) is 0 Å². The average Bonchev–Trinajstić information content (AvgIpc) is 3.57. The molecule has 0 bridgehead atoms. The molecule has 0 spiro atoms. The van der Waals surface area contributed by atoms with E-state index >= 15 is 0 Å². The van der Waals surface area contributed by atoms with Crippen LogP contribution >= 0.6 is 0 Å². The van der Waals surface area contributed by atoms with E-state index in [1.165, 1.54) is 48.5 Å². The molecule has 0 amide bonds. The van der Waals surface area contributed by atoms with Gasteiger partial charge in [-0.05, 0) is 104 Å². The Morgan fingerprint density at radius 3 is 0.980 bits per heavy atom. The second-order valence-electron chi connectivity index (χ2n) is 12.1. The molecule has 0 aromatic heterocycles. The zero-order valence-corrected chi connectivity index (χ0v) is 25.6. The quantitative estimate of drug-likeness (QED) is 0.179. The first-order valence-corrected chi connectivity index (χ1v) is 15.4. The summed E-state index contributed by atoms with van der Waals surface area (Å²) in [6, 6.07) is 28.0. The summed E-state index contributed by atoms with van der Waals surface area (Å²) in [6.45, 7) is 0. The molecule has 0 radical (unpaired) electrons. The van der Waals surface area contributed by atoms with E-state index in [-0.39, 0.29) is 5.71 Å². The molecule has 0 saturated carbocycles. The molecule has 0 saturated heterocycles. The third kappa shape index (κ3) is 4.95. The van der Waals surface area contributed by atoms with Gasteiger partial charge in [-0.15, -0.1) is 0 Å². The summed E-state index contributed by atoms with van der Waals surface area (Å²) in [6.07, 6.45) is -9.11. The molecule has 0 atom stereocenters. The number of alkyl halides is 6. The number of nitrogens with one attached hydrogen (secondary N) is 1. The molecule has 6 aromatic rings. The summed E-state index contributed by atoms with van der Waals surface area (Å²) in [4.78, 5) is 0. The smallest absolute Gasteiger partial charge is 0.300 e. The van der Waals surface area contributed by atoms with E-state index in [1.54, 1.807) is 36.4 Å². The topological polar surface area (TPSA) is 23.9 Å². The van der Waals surface area contributed by atoms with E-state index in [0.717, 1.165) is 24.3 Å². The molecule has 9 heteroatoms. The van der Waals surface area contributed by atoms with Crippen molar-refractivity contribution < 1.29 is 35.1 Å². The number of benzene rings is 6. The predicted octanol–water partition coefficient (Wildman–Crippen LogP) is 12.4. The van der Waals surface area contributed by atoms with Gasteiger partial charge < -0.3 is 0 Å². The molecule has 246 valence electrons. The molecule has 0 heterocycles. The highest BCUT2D eigenvalue weighted by Crippen LogP contribution is 2.59. The lowest BCUT2D eigenvalue weighted by molar-refractivity contribution is -0.138. The van der Waals surface area contributed by atoms with Crippen LogP contribution in [-0.4, -0.2) is 5.71 Å². The summed E-state index contributed by atoms with van der Waals surface area (Å²) < 4.78 is 109. The lowest BCUT2D eigenvalue weighted by Gasteiger charge is -2.17. The standard InChI is InChI=1S/C41H21F8N/c42-27-13-5-23(6-14-27)33-37-31-19-17-29(21-1-9-25(10-2-21)40(44,45)46)35-30(22-3-11-26(12-4-22)41(47,48)49)18-20-32(36(31)35)38(37)34(39(33)50)24-7-15-28(43)16-8-24/h1-20,50H. The summed E-state index contributed by atoms with van der Waals surface area (Å²) in [5.41, 5.74) is 5.39. The van der Waals surface area contributed by atoms with Crippen molar-refractivity contribution in [3.8, 4) is 22.3 Å². The minimum atomic E-state index is -4.56. The van der Waals surface area contributed by atoms with Gasteiger partial charge >= 0.3 is 12.4 Å². The van der Waals surface area contributed by atoms with E-state index in [1.807, 2.05) is 12.1 Å². The summed E-state index contributed by atoms with van der Waals surface area (Å²) in [7, 11) is 0. The van der Waals surface area contributed by atoms with Gasteiger partial charge in [-0.25, -0.2) is 8.78 Å². The van der Waals surface area contributed by atoms with Gasteiger partial charge in [0.2, 0.25) is 0 Å². The van der Waals surface area contributed by atoms with Crippen LogP contribution in [-0.2, 0) is 12.4 Å². The van der Waals surface area contributed by atoms with E-state index < -0.39 is 35.1 Å². The second-order valence-corrected chi connectivity index (χ2v) is 12.1. The van der Waals surface area contributed by atoms with Crippen LogP contribution in [0.3, 0.4) is 0 Å². The van der Waals surface area contributed by atoms with Crippen LogP contribution in [0, 0.1) is 17.0 Å². The zero-order valence-electron chi connectivity index (χ0n) is 25.6. The average molecular weight is 680 g/mol. The minimum Gasteiger partial charge on any atom is -0.300 e. The highest BCUT2D eigenvalue weighted by molar-refractivity contribution is 6.62. The first-order chi connectivity index (χ1) is 23.8. The molecule has 1 nitrogen and oxygen atoms in total. The van der Waals surface area contributed by atoms with Crippen LogP contribution in [0.15, 0.2) is 121 Å². The Morgan fingerprint density at radius 1 is 0.340 bits per heavy atom. The first kappa shape index (κ1) is 31.4. The Morgan fingerprint density at radius 2 is 0.640 bits per heavy atom. The van der Waals surface area contributed by atoms with Crippen molar-refractivity contribution in [2.45, 2.75) is 12.4 Å². The van der Waals surface area contributed by atoms with Crippen molar-refractivity contribution in [3.05, 3.63) is 166 Å². The Labute approximate surface area is 280 Å². The van der Waals surface area contributed by atoms with Gasteiger partial charge in [0, 0.05) is 22.3 Å². The van der Waals surface area contributed by atoms with Crippen molar-refractivity contribution >= 4 is 38.8 Å². The number of allylic oxidation sites excluding steroid dienone is 4. The number of halogens is 8. The highest BCUT2D eigenvalue weighted by Gasteiger charge is 2.39. The summed E-state index contributed by atoms with van der Waals surface area (Å²) in [5, 5.41) is 10.7. The van der Waals surface area contributed by atoms with Crippen molar-refractivity contribution in [3.63, 3.8) is 0 Å². The number of hydrogen-bond acceptors (Lipinski definition) is 1. The van der Waals surface area contributed by atoms with Crippen LogP contribution in [0.5, 0.6) is 0 Å². The third-order valence-electron chi connectivity index (χ3n) is 9.26. The lowest BCUT2D eigenvalue weighted by atomic mass is 9.86. The third-order valence-corrected chi connectivity index (χ3v) is 9.26. The molecule has 0 unspecified atom stereocenters. The van der Waals surface area contributed by atoms with Gasteiger partial charge in [0.25, 0.3) is 0 Å². The van der Waals surface area contributed by atoms with Gasteiger partial charge in [-0.1, -0.05) is 72.8 Å². The van der Waals surface area contributed by atoms with Gasteiger partial charge in [0.15, 0.2) is 0 Å². The minimum absolute atomic E-state index is 0.144. The monoisotopic (exact) mass is 679 g/mol. The van der Waals surface area contributed by atoms with Crippen LogP contribution in [0.2, 0.25) is 0 Å². The highest BCUT2D eigenvalue weighted by atomic mass is 19.4. The van der Waals surface area contributed by atoms with Crippen molar-refractivity contribution in [2.24, 2.45) is 0 Å². The molecule has 1 N–H and O–H groups in total. The van der Waals surface area contributed by atoms with E-state index in [9.17, 15) is 40.5 Å². The molecule has 0 aliphatic heterocycles. The molecular formula is C41H21F8N. The summed E-state index contributed by atoms with van der Waals surface area (Å²) >= 11 is 0. The fourth-order valence-corrected chi connectivity index (χ4v) is 7.04. The second kappa shape index (κ2) is 11.1. The maximum absolute atomic E-state index is 14.1. The molecule has 0 fully saturated rings. The van der Waals surface area contributed by atoms with Crippen LogP contribution < -0.4 is 0 Å². The van der Waals surface area contributed by atoms with E-state index in [0.29, 0.717) is 77.6 Å². The van der Waals surface area contributed by atoms with Gasteiger partial charge in [0.1, 0.15) is 11.6 Å². The predicted molar refractivity (Wildman–Crippen MR) is 179 cm³/mol. The molecule has 2 aliphatic carbocycles. The Kier molecular flexibility index (Phi) is 6.98. The number of rotatable bonds is 4. The Bertz CT molecular complexity index is 2260. The van der Waals surface area contributed by atoms with Crippen molar-refractivity contribution in [1.82, 2.24) is 0 Å². The fourth-order valence-electron chi connectivity index (χ4n) is 7.04. The van der Waals surface area contributed by atoms with Crippen molar-refractivity contribution in [2.75, 3.05) is 0 Å². The largest absolute Gasteiger partial charge is 0.416 e. The first-order valence-electron chi connectivity index (χ1n) is 15.4. The Hall–Kier alpha value is -5.83. The van der Waals surface area contributed by atoms with Gasteiger partial charge in [0.05, 0.1) is 16.8 Å². The molecule has 6 aromatic carbocycles. The fraction of sp³-hybridized carbons (Fsp3) is 0.0488. The molecular weight excluding hydrogens is 658 g/mol.